The van der Waals surface area contributed by atoms with Gasteiger partial charge < -0.3 is 5.73 Å². The van der Waals surface area contributed by atoms with Gasteiger partial charge in [0.05, 0.1) is 0 Å². The van der Waals surface area contributed by atoms with Crippen LogP contribution in [0, 0.1) is 17.8 Å². The highest BCUT2D eigenvalue weighted by atomic mass is 35.5. The van der Waals surface area contributed by atoms with Crippen molar-refractivity contribution in [2.45, 2.75) is 43.9 Å². The molecule has 0 heterocycles. The van der Waals surface area contributed by atoms with Crippen LogP contribution in [0.2, 0.25) is 5.02 Å². The third-order valence-corrected chi connectivity index (χ3v) is 5.92. The normalized spacial score (nSPS) is 41.3. The number of nitrogen functional groups attached to an aromatic ring is 1. The van der Waals surface area contributed by atoms with Crippen LogP contribution in [0.3, 0.4) is 0 Å². The van der Waals surface area contributed by atoms with E-state index >= 15 is 0 Å². The molecule has 0 amide bonds. The molecule has 0 atom stereocenters. The minimum absolute atomic E-state index is 0.388. The van der Waals surface area contributed by atoms with Gasteiger partial charge in [-0.25, -0.2) is 0 Å². The van der Waals surface area contributed by atoms with E-state index in [0.29, 0.717) is 5.41 Å². The van der Waals surface area contributed by atoms with Gasteiger partial charge in [-0.1, -0.05) is 17.7 Å². The van der Waals surface area contributed by atoms with Gasteiger partial charge >= 0.3 is 0 Å². The molecule has 4 bridgehead atoms. The molecule has 2 heteroatoms. The average Bonchev–Trinajstić information content (AvgIpc) is 2.26. The molecule has 5 rings (SSSR count). The Morgan fingerprint density at radius 2 is 1.56 bits per heavy atom. The smallest absolute Gasteiger partial charge is 0.0464 e. The summed E-state index contributed by atoms with van der Waals surface area (Å²) in [6, 6.07) is 6.17. The van der Waals surface area contributed by atoms with E-state index in [1.807, 2.05) is 12.1 Å². The van der Waals surface area contributed by atoms with Crippen LogP contribution in [-0.2, 0) is 5.41 Å². The number of hydrogen-bond acceptors (Lipinski definition) is 1. The lowest BCUT2D eigenvalue weighted by Crippen LogP contribution is -2.48. The monoisotopic (exact) mass is 261 g/mol. The molecule has 0 spiro atoms. The molecule has 1 nitrogen and oxygen atoms in total. The first kappa shape index (κ1) is 11.2. The van der Waals surface area contributed by atoms with Crippen LogP contribution in [-0.4, -0.2) is 0 Å². The lowest BCUT2D eigenvalue weighted by molar-refractivity contribution is -0.00513. The maximum Gasteiger partial charge on any atom is 0.0464 e. The quantitative estimate of drug-likeness (QED) is 0.746. The van der Waals surface area contributed by atoms with Gasteiger partial charge in [-0.15, -0.1) is 0 Å². The van der Waals surface area contributed by atoms with Crippen LogP contribution in [0.4, 0.5) is 5.69 Å². The summed E-state index contributed by atoms with van der Waals surface area (Å²) in [5.74, 6) is 2.89. The third kappa shape index (κ3) is 1.53. The maximum absolute atomic E-state index is 6.49. The van der Waals surface area contributed by atoms with Crippen LogP contribution < -0.4 is 5.73 Å². The summed E-state index contributed by atoms with van der Waals surface area (Å²) in [7, 11) is 0. The zero-order valence-electron chi connectivity index (χ0n) is 10.7. The van der Waals surface area contributed by atoms with Gasteiger partial charge in [-0.05, 0) is 79.4 Å². The first-order chi connectivity index (χ1) is 8.64. The molecule has 4 saturated carbocycles. The number of benzene rings is 1. The van der Waals surface area contributed by atoms with E-state index in [0.717, 1.165) is 28.5 Å². The second kappa shape index (κ2) is 3.66. The van der Waals surface area contributed by atoms with Crippen molar-refractivity contribution < 1.29 is 0 Å². The van der Waals surface area contributed by atoms with Crippen LogP contribution >= 0.6 is 11.6 Å². The van der Waals surface area contributed by atoms with Gasteiger partial charge in [0.25, 0.3) is 0 Å². The summed E-state index contributed by atoms with van der Waals surface area (Å²) in [5.41, 5.74) is 8.40. The van der Waals surface area contributed by atoms with E-state index in [1.54, 1.807) is 0 Å². The van der Waals surface area contributed by atoms with Crippen molar-refractivity contribution in [3.63, 3.8) is 0 Å². The Morgan fingerprint density at radius 1 is 1.00 bits per heavy atom. The molecule has 4 fully saturated rings. The Hall–Kier alpha value is -0.690. The van der Waals surface area contributed by atoms with Crippen molar-refractivity contribution in [1.82, 2.24) is 0 Å². The summed E-state index contributed by atoms with van der Waals surface area (Å²) in [4.78, 5) is 0. The molecule has 4 aliphatic carbocycles. The zero-order valence-corrected chi connectivity index (χ0v) is 11.4. The largest absolute Gasteiger partial charge is 0.399 e. The Labute approximate surface area is 114 Å². The minimum atomic E-state index is 0.388. The first-order valence-electron chi connectivity index (χ1n) is 7.20. The van der Waals surface area contributed by atoms with E-state index in [9.17, 15) is 0 Å². The molecule has 0 radical (unpaired) electrons. The van der Waals surface area contributed by atoms with Crippen molar-refractivity contribution >= 4 is 17.3 Å². The van der Waals surface area contributed by atoms with Crippen molar-refractivity contribution in [3.05, 3.63) is 28.8 Å². The molecule has 0 unspecified atom stereocenters. The lowest BCUT2D eigenvalue weighted by atomic mass is 9.48. The number of anilines is 1. The van der Waals surface area contributed by atoms with Crippen molar-refractivity contribution in [3.8, 4) is 0 Å². The Kier molecular flexibility index (Phi) is 2.27. The summed E-state index contributed by atoms with van der Waals surface area (Å²) < 4.78 is 0. The van der Waals surface area contributed by atoms with E-state index < -0.39 is 0 Å². The van der Waals surface area contributed by atoms with Crippen LogP contribution in [0.5, 0.6) is 0 Å². The molecule has 2 N–H and O–H groups in total. The number of nitrogens with two attached hydrogens (primary N) is 1. The zero-order chi connectivity index (χ0) is 12.3. The fourth-order valence-electron chi connectivity index (χ4n) is 5.40. The fourth-order valence-corrected chi connectivity index (χ4v) is 5.79. The van der Waals surface area contributed by atoms with Crippen molar-refractivity contribution in [2.24, 2.45) is 17.8 Å². The molecule has 96 valence electrons. The molecule has 4 aliphatic rings. The fraction of sp³-hybridized carbons (Fsp3) is 0.625. The van der Waals surface area contributed by atoms with Crippen molar-refractivity contribution in [2.75, 3.05) is 5.73 Å². The lowest BCUT2D eigenvalue weighted by Gasteiger charge is -2.57. The maximum atomic E-state index is 6.49. The predicted molar refractivity (Wildman–Crippen MR) is 75.7 cm³/mol. The minimum Gasteiger partial charge on any atom is -0.399 e. The standard InChI is InChI=1S/C16H20ClN/c17-15-6-13(18)1-2-14(15)16-7-10-3-11(8-16)5-12(4-10)9-16/h1-2,6,10-12H,3-5,7-9,18H2. The molecule has 1 aromatic carbocycles. The molecule has 0 saturated heterocycles. The second-order valence-corrected chi connectivity index (χ2v) is 7.34. The molecular weight excluding hydrogens is 242 g/mol. The summed E-state index contributed by atoms with van der Waals surface area (Å²) in [6.07, 6.45) is 8.53. The summed E-state index contributed by atoms with van der Waals surface area (Å²) in [6.45, 7) is 0. The first-order valence-corrected chi connectivity index (χ1v) is 7.58. The molecule has 0 aromatic heterocycles. The summed E-state index contributed by atoms with van der Waals surface area (Å²) in [5, 5.41) is 0.900. The number of rotatable bonds is 1. The van der Waals surface area contributed by atoms with E-state index in [1.165, 1.54) is 44.1 Å². The summed E-state index contributed by atoms with van der Waals surface area (Å²) >= 11 is 6.49. The topological polar surface area (TPSA) is 26.0 Å². The van der Waals surface area contributed by atoms with Gasteiger partial charge in [0, 0.05) is 10.7 Å². The van der Waals surface area contributed by atoms with Gasteiger partial charge in [-0.2, -0.15) is 0 Å². The SMILES string of the molecule is Nc1ccc(C23CC4CC(CC(C4)C2)C3)c(Cl)c1. The molecule has 0 aliphatic heterocycles. The molecule has 18 heavy (non-hydrogen) atoms. The van der Waals surface area contributed by atoms with E-state index in [4.69, 9.17) is 17.3 Å². The van der Waals surface area contributed by atoms with E-state index in [2.05, 4.69) is 6.07 Å². The highest BCUT2D eigenvalue weighted by Gasteiger charge is 2.52. The molecular formula is C16H20ClN. The van der Waals surface area contributed by atoms with Gasteiger partial charge in [0.15, 0.2) is 0 Å². The second-order valence-electron chi connectivity index (χ2n) is 6.94. The van der Waals surface area contributed by atoms with Crippen LogP contribution in [0.1, 0.15) is 44.1 Å². The van der Waals surface area contributed by atoms with E-state index in [-0.39, 0.29) is 0 Å². The predicted octanol–water partition coefficient (Wildman–Crippen LogP) is 4.39. The van der Waals surface area contributed by atoms with Gasteiger partial charge in [-0.3, -0.25) is 0 Å². The van der Waals surface area contributed by atoms with Gasteiger partial charge in [0.1, 0.15) is 0 Å². The highest BCUT2D eigenvalue weighted by Crippen LogP contribution is 2.61. The van der Waals surface area contributed by atoms with Crippen molar-refractivity contribution in [1.29, 1.82) is 0 Å². The Balaban J connectivity index is 1.79. The number of halogens is 1. The van der Waals surface area contributed by atoms with Crippen LogP contribution in [0.25, 0.3) is 0 Å². The Morgan fingerprint density at radius 3 is 2.06 bits per heavy atom. The van der Waals surface area contributed by atoms with Crippen LogP contribution in [0.15, 0.2) is 18.2 Å². The highest BCUT2D eigenvalue weighted by molar-refractivity contribution is 6.31. The Bertz CT molecular complexity index is 459. The average molecular weight is 262 g/mol. The van der Waals surface area contributed by atoms with Gasteiger partial charge in [0.2, 0.25) is 0 Å². The third-order valence-electron chi connectivity index (χ3n) is 5.60. The number of hydrogen-bond donors (Lipinski definition) is 1. The molecule has 1 aromatic rings.